The minimum atomic E-state index is -4.41. The monoisotopic (exact) mass is 330 g/mol. The summed E-state index contributed by atoms with van der Waals surface area (Å²) in [5, 5.41) is 10.5. The summed E-state index contributed by atoms with van der Waals surface area (Å²) in [5.41, 5.74) is 1.40. The van der Waals surface area contributed by atoms with Crippen LogP contribution in [0.4, 0.5) is 0 Å². The molecule has 5 nitrogen and oxygen atoms in total. The summed E-state index contributed by atoms with van der Waals surface area (Å²) in [6, 6.07) is 0. The van der Waals surface area contributed by atoms with E-state index in [9.17, 15) is 18.1 Å². The number of hydrogen-bond acceptors (Lipinski definition) is 4. The van der Waals surface area contributed by atoms with E-state index in [1.807, 2.05) is 20.8 Å². The van der Waals surface area contributed by atoms with E-state index in [2.05, 4.69) is 0 Å². The molecule has 2 N–H and O–H groups in total. The highest BCUT2D eigenvalue weighted by Gasteiger charge is 2.31. The van der Waals surface area contributed by atoms with Gasteiger partial charge in [-0.2, -0.15) is 8.42 Å². The summed E-state index contributed by atoms with van der Waals surface area (Å²) in [5.74, 6) is 0.0371. The molecule has 0 aromatic heterocycles. The summed E-state index contributed by atoms with van der Waals surface area (Å²) in [4.78, 5) is -0.0950. The van der Waals surface area contributed by atoms with Crippen LogP contribution in [-0.4, -0.2) is 25.2 Å². The summed E-state index contributed by atoms with van der Waals surface area (Å²) in [6.07, 6.45) is 2.31. The average Bonchev–Trinajstić information content (AvgIpc) is 2.46. The van der Waals surface area contributed by atoms with E-state index in [0.29, 0.717) is 36.0 Å². The van der Waals surface area contributed by atoms with Gasteiger partial charge in [0.25, 0.3) is 10.1 Å². The smallest absolute Gasteiger partial charge is 0.295 e. The molecule has 0 saturated heterocycles. The zero-order chi connectivity index (χ0) is 17.1. The van der Waals surface area contributed by atoms with Crippen LogP contribution in [0, 0.1) is 0 Å². The SMILES string of the molecule is CCCc1c(O)c(OC)c(CC)c(S(=O)(=O)O)c1C(C)CC. The van der Waals surface area contributed by atoms with Gasteiger partial charge in [0.1, 0.15) is 4.90 Å². The minimum absolute atomic E-state index is 0.0103. The number of ether oxygens (including phenoxy) is 1. The number of methoxy groups -OCH3 is 1. The van der Waals surface area contributed by atoms with Crippen molar-refractivity contribution in [3.63, 3.8) is 0 Å². The maximum atomic E-state index is 12.0. The highest BCUT2D eigenvalue weighted by atomic mass is 32.2. The molecule has 0 aliphatic heterocycles. The number of phenolic OH excluding ortho intramolecular Hbond substituents is 1. The number of benzene rings is 1. The van der Waals surface area contributed by atoms with Crippen LogP contribution in [0.1, 0.15) is 63.1 Å². The van der Waals surface area contributed by atoms with Gasteiger partial charge in [-0.25, -0.2) is 0 Å². The van der Waals surface area contributed by atoms with Crippen LogP contribution in [-0.2, 0) is 23.0 Å². The van der Waals surface area contributed by atoms with Crippen molar-refractivity contribution < 1.29 is 22.8 Å². The largest absolute Gasteiger partial charge is 0.504 e. The van der Waals surface area contributed by atoms with Crippen molar-refractivity contribution in [3.05, 3.63) is 16.7 Å². The Hall–Kier alpha value is -1.27. The molecule has 0 heterocycles. The Balaban J connectivity index is 4.02. The van der Waals surface area contributed by atoms with Gasteiger partial charge in [0.2, 0.25) is 0 Å². The maximum Gasteiger partial charge on any atom is 0.295 e. The number of rotatable bonds is 7. The Morgan fingerprint density at radius 3 is 2.14 bits per heavy atom. The summed E-state index contributed by atoms with van der Waals surface area (Å²) < 4.78 is 39.0. The zero-order valence-electron chi connectivity index (χ0n) is 13.9. The molecule has 0 bridgehead atoms. The number of aromatic hydroxyl groups is 1. The van der Waals surface area contributed by atoms with Crippen molar-refractivity contribution in [2.75, 3.05) is 7.11 Å². The van der Waals surface area contributed by atoms with E-state index < -0.39 is 10.1 Å². The highest BCUT2D eigenvalue weighted by Crippen LogP contribution is 2.45. The molecular weight excluding hydrogens is 304 g/mol. The van der Waals surface area contributed by atoms with E-state index in [4.69, 9.17) is 4.74 Å². The summed E-state index contributed by atoms with van der Waals surface area (Å²) in [6.45, 7) is 7.56. The Morgan fingerprint density at radius 1 is 1.18 bits per heavy atom. The fraction of sp³-hybridized carbons (Fsp3) is 0.625. The molecule has 0 fully saturated rings. The van der Waals surface area contributed by atoms with Crippen LogP contribution in [0.25, 0.3) is 0 Å². The van der Waals surface area contributed by atoms with Crippen molar-refractivity contribution >= 4 is 10.1 Å². The van der Waals surface area contributed by atoms with E-state index in [1.54, 1.807) is 6.92 Å². The van der Waals surface area contributed by atoms with Crippen LogP contribution in [0.5, 0.6) is 11.5 Å². The molecule has 0 radical (unpaired) electrons. The topological polar surface area (TPSA) is 83.8 Å². The molecule has 1 rings (SSSR count). The molecule has 0 saturated carbocycles. The quantitative estimate of drug-likeness (QED) is 0.745. The third-order valence-corrected chi connectivity index (χ3v) is 5.02. The first kappa shape index (κ1) is 18.8. The molecule has 0 spiro atoms. The van der Waals surface area contributed by atoms with Gasteiger partial charge in [0.15, 0.2) is 11.5 Å². The Labute approximate surface area is 133 Å². The second-order valence-corrected chi connectivity index (χ2v) is 6.83. The van der Waals surface area contributed by atoms with Gasteiger partial charge in [-0.05, 0) is 30.7 Å². The molecule has 126 valence electrons. The fourth-order valence-corrected chi connectivity index (χ4v) is 4.02. The number of phenols is 1. The first-order chi connectivity index (χ1) is 10.2. The molecule has 1 aromatic rings. The van der Waals surface area contributed by atoms with Crippen LogP contribution >= 0.6 is 0 Å². The van der Waals surface area contributed by atoms with Gasteiger partial charge in [0.05, 0.1) is 7.11 Å². The lowest BCUT2D eigenvalue weighted by Crippen LogP contribution is -2.14. The highest BCUT2D eigenvalue weighted by molar-refractivity contribution is 7.86. The van der Waals surface area contributed by atoms with Crippen LogP contribution in [0.15, 0.2) is 4.90 Å². The van der Waals surface area contributed by atoms with E-state index >= 15 is 0 Å². The van der Waals surface area contributed by atoms with Crippen LogP contribution in [0.3, 0.4) is 0 Å². The van der Waals surface area contributed by atoms with Crippen LogP contribution < -0.4 is 4.74 Å². The molecule has 22 heavy (non-hydrogen) atoms. The lowest BCUT2D eigenvalue weighted by Gasteiger charge is -2.24. The molecule has 0 aliphatic carbocycles. The predicted octanol–water partition coefficient (Wildman–Crippen LogP) is 3.68. The molecule has 0 aliphatic rings. The van der Waals surface area contributed by atoms with Gasteiger partial charge in [-0.15, -0.1) is 0 Å². The van der Waals surface area contributed by atoms with Gasteiger partial charge in [-0.1, -0.05) is 34.1 Å². The molecule has 1 unspecified atom stereocenters. The average molecular weight is 330 g/mol. The summed E-state index contributed by atoms with van der Waals surface area (Å²) in [7, 11) is -3.02. The standard InChI is InChI=1S/C16H26O5S/c1-6-9-12-13(10(4)7-2)16(22(18,19)20)11(8-3)15(21-5)14(12)17/h10,17H,6-9H2,1-5H3,(H,18,19,20). The molecule has 6 heteroatoms. The third-order valence-electron chi connectivity index (χ3n) is 4.04. The molecule has 1 aromatic carbocycles. The van der Waals surface area contributed by atoms with Crippen molar-refractivity contribution in [1.82, 2.24) is 0 Å². The van der Waals surface area contributed by atoms with Crippen molar-refractivity contribution in [2.45, 2.75) is 64.2 Å². The Kier molecular flexibility index (Phi) is 6.26. The van der Waals surface area contributed by atoms with E-state index in [0.717, 1.165) is 6.42 Å². The first-order valence-electron chi connectivity index (χ1n) is 7.66. The third kappa shape index (κ3) is 3.38. The Morgan fingerprint density at radius 2 is 1.77 bits per heavy atom. The Bertz CT molecular complexity index is 635. The molecule has 1 atom stereocenters. The number of hydrogen-bond donors (Lipinski definition) is 2. The zero-order valence-corrected chi connectivity index (χ0v) is 14.7. The van der Waals surface area contributed by atoms with E-state index in [-0.39, 0.29) is 22.3 Å². The molecular formula is C16H26O5S. The van der Waals surface area contributed by atoms with Crippen molar-refractivity contribution in [3.8, 4) is 11.5 Å². The minimum Gasteiger partial charge on any atom is -0.504 e. The van der Waals surface area contributed by atoms with Crippen molar-refractivity contribution in [1.29, 1.82) is 0 Å². The van der Waals surface area contributed by atoms with Gasteiger partial charge < -0.3 is 9.84 Å². The second-order valence-electron chi connectivity index (χ2n) is 5.47. The summed E-state index contributed by atoms with van der Waals surface area (Å²) >= 11 is 0. The van der Waals surface area contributed by atoms with Gasteiger partial charge in [-0.3, -0.25) is 4.55 Å². The van der Waals surface area contributed by atoms with Crippen molar-refractivity contribution in [2.24, 2.45) is 0 Å². The normalized spacial score (nSPS) is 13.2. The predicted molar refractivity (Wildman–Crippen MR) is 86.6 cm³/mol. The fourth-order valence-electron chi connectivity index (χ4n) is 2.87. The second kappa shape index (κ2) is 7.33. The lowest BCUT2D eigenvalue weighted by molar-refractivity contribution is 0.362. The lowest BCUT2D eigenvalue weighted by atomic mass is 9.88. The maximum absolute atomic E-state index is 12.0. The van der Waals surface area contributed by atoms with Gasteiger partial charge >= 0.3 is 0 Å². The van der Waals surface area contributed by atoms with Crippen LogP contribution in [0.2, 0.25) is 0 Å². The first-order valence-corrected chi connectivity index (χ1v) is 9.10. The molecule has 0 amide bonds. The van der Waals surface area contributed by atoms with E-state index in [1.165, 1.54) is 7.11 Å². The van der Waals surface area contributed by atoms with Gasteiger partial charge in [0, 0.05) is 11.1 Å².